The Morgan fingerprint density at radius 2 is 1.52 bits per heavy atom. The molecule has 0 N–H and O–H groups in total. The van der Waals surface area contributed by atoms with E-state index in [1.165, 1.54) is 9.87 Å². The van der Waals surface area contributed by atoms with Crippen molar-refractivity contribution in [3.63, 3.8) is 0 Å². The number of nitrogens with zero attached hydrogens (tertiary/aromatic N) is 2. The van der Waals surface area contributed by atoms with Gasteiger partial charge in [0.2, 0.25) is 10.0 Å². The van der Waals surface area contributed by atoms with Gasteiger partial charge in [-0.05, 0) is 48.4 Å². The Labute approximate surface area is 184 Å². The summed E-state index contributed by atoms with van der Waals surface area (Å²) in [5, 5.41) is 0. The van der Waals surface area contributed by atoms with Crippen molar-refractivity contribution in [3.8, 4) is 0 Å². The Hall–Kier alpha value is -2.22. The highest BCUT2D eigenvalue weighted by atomic mass is 32.2. The number of morpholine rings is 1. The molecule has 2 heterocycles. The molecular weight excluding hydrogens is 412 g/mol. The van der Waals surface area contributed by atoms with Crippen LogP contribution in [0, 0.1) is 5.92 Å². The lowest BCUT2D eigenvalue weighted by Crippen LogP contribution is -2.41. The third kappa shape index (κ3) is 5.73. The zero-order valence-electron chi connectivity index (χ0n) is 17.8. The van der Waals surface area contributed by atoms with Gasteiger partial charge in [-0.2, -0.15) is 4.31 Å². The molecule has 2 aromatic rings. The lowest BCUT2D eigenvalue weighted by atomic mass is 9.90. The third-order valence-electron chi connectivity index (χ3n) is 6.18. The maximum atomic E-state index is 12.9. The van der Waals surface area contributed by atoms with E-state index in [4.69, 9.17) is 4.74 Å². The minimum absolute atomic E-state index is 0.0285. The molecular formula is C24H30N2O4S. The largest absolute Gasteiger partial charge is 0.379 e. The quantitative estimate of drug-likeness (QED) is 0.690. The minimum atomic E-state index is -3.36. The Bertz CT molecular complexity index is 962. The van der Waals surface area contributed by atoms with Crippen molar-refractivity contribution in [2.75, 3.05) is 39.4 Å². The number of benzene rings is 2. The van der Waals surface area contributed by atoms with Crippen LogP contribution in [0.2, 0.25) is 0 Å². The first-order valence-electron chi connectivity index (χ1n) is 11.0. The summed E-state index contributed by atoms with van der Waals surface area (Å²) in [5.74, 6) is 0.590. The zero-order chi connectivity index (χ0) is 21.7. The number of carbonyl (C=O) groups is 1. The van der Waals surface area contributed by atoms with Gasteiger partial charge in [0.15, 0.2) is 0 Å². The SMILES string of the molecule is O=C(c1ccc(CS(=O)(=O)N2CCOCC2)cc1)N1CCC(Cc2ccccc2)CC1. The Morgan fingerprint density at radius 1 is 0.871 bits per heavy atom. The summed E-state index contributed by atoms with van der Waals surface area (Å²) in [7, 11) is -3.36. The first-order valence-corrected chi connectivity index (χ1v) is 12.6. The smallest absolute Gasteiger partial charge is 0.253 e. The molecule has 0 radical (unpaired) electrons. The van der Waals surface area contributed by atoms with Crippen LogP contribution in [-0.2, 0) is 26.9 Å². The van der Waals surface area contributed by atoms with Gasteiger partial charge in [0.1, 0.15) is 0 Å². The molecule has 1 amide bonds. The normalized spacial score (nSPS) is 18.8. The van der Waals surface area contributed by atoms with Gasteiger partial charge in [-0.3, -0.25) is 4.79 Å². The van der Waals surface area contributed by atoms with E-state index in [0.29, 0.717) is 43.3 Å². The van der Waals surface area contributed by atoms with Crippen LogP contribution in [0.3, 0.4) is 0 Å². The van der Waals surface area contributed by atoms with Gasteiger partial charge < -0.3 is 9.64 Å². The molecule has 0 aliphatic carbocycles. The van der Waals surface area contributed by atoms with Crippen LogP contribution in [0.25, 0.3) is 0 Å². The van der Waals surface area contributed by atoms with Crippen molar-refractivity contribution in [1.29, 1.82) is 0 Å². The molecule has 0 bridgehead atoms. The number of hydrogen-bond donors (Lipinski definition) is 0. The van der Waals surface area contributed by atoms with E-state index < -0.39 is 10.0 Å². The number of hydrogen-bond acceptors (Lipinski definition) is 4. The Kier molecular flexibility index (Phi) is 7.05. The second kappa shape index (κ2) is 9.94. The summed E-state index contributed by atoms with van der Waals surface area (Å²) in [4.78, 5) is 14.8. The van der Waals surface area contributed by atoms with Crippen LogP contribution in [0.1, 0.15) is 34.3 Å². The van der Waals surface area contributed by atoms with Crippen LogP contribution in [0.5, 0.6) is 0 Å². The molecule has 4 rings (SSSR count). The van der Waals surface area contributed by atoms with Crippen LogP contribution >= 0.6 is 0 Å². The minimum Gasteiger partial charge on any atom is -0.379 e. The predicted molar refractivity (Wildman–Crippen MR) is 120 cm³/mol. The molecule has 0 spiro atoms. The number of piperidine rings is 1. The number of carbonyl (C=O) groups excluding carboxylic acids is 1. The fourth-order valence-electron chi connectivity index (χ4n) is 4.34. The summed E-state index contributed by atoms with van der Waals surface area (Å²) in [6, 6.07) is 17.5. The highest BCUT2D eigenvalue weighted by Gasteiger charge is 2.26. The molecule has 31 heavy (non-hydrogen) atoms. The molecule has 6 nitrogen and oxygen atoms in total. The second-order valence-electron chi connectivity index (χ2n) is 8.39. The fourth-order valence-corrected chi connectivity index (χ4v) is 5.84. The van der Waals surface area contributed by atoms with Crippen LogP contribution in [0.15, 0.2) is 54.6 Å². The van der Waals surface area contributed by atoms with Crippen LogP contribution < -0.4 is 0 Å². The van der Waals surface area contributed by atoms with Gasteiger partial charge in [0.05, 0.1) is 19.0 Å². The molecule has 2 aromatic carbocycles. The number of rotatable bonds is 6. The van der Waals surface area contributed by atoms with Crippen molar-refractivity contribution < 1.29 is 17.9 Å². The van der Waals surface area contributed by atoms with E-state index in [1.54, 1.807) is 24.3 Å². The van der Waals surface area contributed by atoms with Gasteiger partial charge in [0.25, 0.3) is 5.91 Å². The Balaban J connectivity index is 1.30. The number of sulfonamides is 1. The number of likely N-dealkylation sites (tertiary alicyclic amines) is 1. The third-order valence-corrected chi connectivity index (χ3v) is 8.03. The van der Waals surface area contributed by atoms with Crippen LogP contribution in [-0.4, -0.2) is 62.9 Å². The fraction of sp³-hybridized carbons (Fsp3) is 0.458. The lowest BCUT2D eigenvalue weighted by molar-refractivity contribution is 0.0690. The van der Waals surface area contributed by atoms with Gasteiger partial charge in [0, 0.05) is 31.7 Å². The van der Waals surface area contributed by atoms with Crippen molar-refractivity contribution >= 4 is 15.9 Å². The average molecular weight is 443 g/mol. The standard InChI is InChI=1S/C24H30N2O4S/c27-24(25-12-10-21(11-13-25)18-20-4-2-1-3-5-20)23-8-6-22(7-9-23)19-31(28,29)26-14-16-30-17-15-26/h1-9,21H,10-19H2. The molecule has 2 aliphatic rings. The first-order chi connectivity index (χ1) is 15.0. The van der Waals surface area contributed by atoms with Crippen LogP contribution in [0.4, 0.5) is 0 Å². The maximum absolute atomic E-state index is 12.9. The van der Waals surface area contributed by atoms with E-state index in [0.717, 1.165) is 32.4 Å². The predicted octanol–water partition coefficient (Wildman–Crippen LogP) is 2.94. The summed E-state index contributed by atoms with van der Waals surface area (Å²) >= 11 is 0. The zero-order valence-corrected chi connectivity index (χ0v) is 18.6. The molecule has 2 fully saturated rings. The number of ether oxygens (including phenoxy) is 1. The summed E-state index contributed by atoms with van der Waals surface area (Å²) in [6.07, 6.45) is 3.09. The monoisotopic (exact) mass is 442 g/mol. The van der Waals surface area contributed by atoms with Gasteiger partial charge in [-0.15, -0.1) is 0 Å². The summed E-state index contributed by atoms with van der Waals surface area (Å²) < 4.78 is 31.9. The van der Waals surface area contributed by atoms with E-state index in [-0.39, 0.29) is 11.7 Å². The molecule has 2 aliphatic heterocycles. The molecule has 7 heteroatoms. The summed E-state index contributed by atoms with van der Waals surface area (Å²) in [6.45, 7) is 3.22. The van der Waals surface area contributed by atoms with Gasteiger partial charge >= 0.3 is 0 Å². The van der Waals surface area contributed by atoms with Gasteiger partial charge in [-0.1, -0.05) is 42.5 Å². The van der Waals surface area contributed by atoms with Crippen molar-refractivity contribution in [3.05, 3.63) is 71.3 Å². The van der Waals surface area contributed by atoms with Crippen molar-refractivity contribution in [2.24, 2.45) is 5.92 Å². The van der Waals surface area contributed by atoms with Crippen molar-refractivity contribution in [2.45, 2.75) is 25.0 Å². The first kappa shape index (κ1) is 22.0. The summed E-state index contributed by atoms with van der Waals surface area (Å²) in [5.41, 5.74) is 2.67. The van der Waals surface area contributed by atoms with Gasteiger partial charge in [-0.25, -0.2) is 8.42 Å². The molecule has 0 aromatic heterocycles. The molecule has 0 atom stereocenters. The van der Waals surface area contributed by atoms with E-state index >= 15 is 0 Å². The highest BCUT2D eigenvalue weighted by molar-refractivity contribution is 7.88. The molecule has 2 saturated heterocycles. The molecule has 0 unspecified atom stereocenters. The second-order valence-corrected chi connectivity index (χ2v) is 10.4. The van der Waals surface area contributed by atoms with E-state index in [1.807, 2.05) is 11.0 Å². The molecule has 166 valence electrons. The maximum Gasteiger partial charge on any atom is 0.253 e. The van der Waals surface area contributed by atoms with Crippen molar-refractivity contribution in [1.82, 2.24) is 9.21 Å². The van der Waals surface area contributed by atoms with E-state index in [2.05, 4.69) is 24.3 Å². The number of amides is 1. The Morgan fingerprint density at radius 3 is 2.16 bits per heavy atom. The van der Waals surface area contributed by atoms with E-state index in [9.17, 15) is 13.2 Å². The highest BCUT2D eigenvalue weighted by Crippen LogP contribution is 2.23. The average Bonchev–Trinajstić information content (AvgIpc) is 2.81. The lowest BCUT2D eigenvalue weighted by Gasteiger charge is -2.32. The molecule has 0 saturated carbocycles. The topological polar surface area (TPSA) is 66.9 Å².